The van der Waals surface area contributed by atoms with Crippen LogP contribution < -0.4 is 9.62 Å². The fraction of sp³-hybridized carbons (Fsp3) is 0.167. The summed E-state index contributed by atoms with van der Waals surface area (Å²) in [7, 11) is -3.71. The molecule has 0 radical (unpaired) electrons. The van der Waals surface area contributed by atoms with Crippen molar-refractivity contribution < 1.29 is 13.2 Å². The quantitative estimate of drug-likeness (QED) is 0.861. The van der Waals surface area contributed by atoms with E-state index in [1.807, 2.05) is 0 Å². The largest absolute Gasteiger partial charge is 0.310 e. The Labute approximate surface area is 152 Å². The van der Waals surface area contributed by atoms with Crippen molar-refractivity contribution in [2.45, 2.75) is 12.8 Å². The van der Waals surface area contributed by atoms with Gasteiger partial charge in [0.15, 0.2) is 0 Å². The van der Waals surface area contributed by atoms with Gasteiger partial charge in [-0.3, -0.25) is 9.52 Å². The lowest BCUT2D eigenvalue weighted by Gasteiger charge is -2.19. The van der Waals surface area contributed by atoms with Crippen LogP contribution in [0.15, 0.2) is 53.9 Å². The summed E-state index contributed by atoms with van der Waals surface area (Å²) in [6, 6.07) is 13.7. The molecule has 1 fully saturated rings. The lowest BCUT2D eigenvalue weighted by Crippen LogP contribution is -2.25. The van der Waals surface area contributed by atoms with Gasteiger partial charge in [-0.15, -0.1) is 0 Å². The molecule has 0 unspecified atom stereocenters. The van der Waals surface area contributed by atoms with Crippen molar-refractivity contribution >= 4 is 45.0 Å². The predicted molar refractivity (Wildman–Crippen MR) is 101 cm³/mol. The Bertz CT molecular complexity index is 908. The Morgan fingerprint density at radius 2 is 1.80 bits per heavy atom. The Hall–Kier alpha value is -2.31. The van der Waals surface area contributed by atoms with E-state index in [0.29, 0.717) is 29.4 Å². The average Bonchev–Trinajstić information content (AvgIpc) is 3.00. The van der Waals surface area contributed by atoms with Gasteiger partial charge in [0.25, 0.3) is 10.0 Å². The number of carbonyl (C=O) groups excluding carboxylic acids is 1. The molecule has 1 N–H and O–H groups in total. The van der Waals surface area contributed by atoms with Crippen LogP contribution in [0.4, 0.5) is 11.4 Å². The van der Waals surface area contributed by atoms with Gasteiger partial charge in [0, 0.05) is 18.0 Å². The molecule has 0 bridgehead atoms. The number of sulfonamides is 1. The van der Waals surface area contributed by atoms with Gasteiger partial charge in [-0.05, 0) is 42.3 Å². The van der Waals surface area contributed by atoms with Gasteiger partial charge in [0.05, 0.1) is 16.8 Å². The Kier molecular flexibility index (Phi) is 5.11. The van der Waals surface area contributed by atoms with Gasteiger partial charge in [0.2, 0.25) is 5.91 Å². The number of rotatable bonds is 5. The molecule has 7 heteroatoms. The number of carbonyl (C=O) groups is 1. The fourth-order valence-electron chi connectivity index (χ4n) is 2.63. The van der Waals surface area contributed by atoms with Crippen molar-refractivity contribution in [1.82, 2.24) is 0 Å². The summed E-state index contributed by atoms with van der Waals surface area (Å²) in [6.07, 6.45) is 2.75. The molecule has 5 nitrogen and oxygen atoms in total. The number of anilines is 2. The molecular formula is C18H17ClN2O3S. The highest BCUT2D eigenvalue weighted by atomic mass is 35.5. The van der Waals surface area contributed by atoms with Gasteiger partial charge in [-0.1, -0.05) is 35.9 Å². The lowest BCUT2D eigenvalue weighted by molar-refractivity contribution is -0.117. The Morgan fingerprint density at radius 3 is 2.48 bits per heavy atom. The second-order valence-electron chi connectivity index (χ2n) is 5.67. The fourth-order valence-corrected chi connectivity index (χ4v) is 3.64. The number of halogens is 1. The summed E-state index contributed by atoms with van der Waals surface area (Å²) in [6.45, 7) is 0.595. The van der Waals surface area contributed by atoms with E-state index in [1.165, 1.54) is 6.08 Å². The number of nitrogens with zero attached hydrogens (tertiary/aromatic N) is 1. The third kappa shape index (κ3) is 4.41. The highest BCUT2D eigenvalue weighted by Crippen LogP contribution is 2.30. The number of nitrogens with one attached hydrogen (secondary N) is 1. The smallest absolute Gasteiger partial charge is 0.255 e. The van der Waals surface area contributed by atoms with Crippen molar-refractivity contribution in [2.24, 2.45) is 0 Å². The minimum absolute atomic E-state index is 0.00311. The predicted octanol–water partition coefficient (Wildman–Crippen LogP) is 3.88. The zero-order valence-electron chi connectivity index (χ0n) is 13.4. The second kappa shape index (κ2) is 7.29. The van der Waals surface area contributed by atoms with E-state index in [0.717, 1.165) is 17.4 Å². The average molecular weight is 377 g/mol. The number of benzene rings is 2. The van der Waals surface area contributed by atoms with Gasteiger partial charge in [-0.25, -0.2) is 8.42 Å². The molecule has 2 aromatic rings. The lowest BCUT2D eigenvalue weighted by atomic mass is 10.2. The highest BCUT2D eigenvalue weighted by molar-refractivity contribution is 7.95. The summed E-state index contributed by atoms with van der Waals surface area (Å²) in [4.78, 5) is 13.6. The minimum atomic E-state index is -3.71. The van der Waals surface area contributed by atoms with Crippen molar-refractivity contribution in [1.29, 1.82) is 0 Å². The van der Waals surface area contributed by atoms with E-state index in [4.69, 9.17) is 11.6 Å². The monoisotopic (exact) mass is 376 g/mol. The SMILES string of the molecule is O=C1CCCN1c1ccccc1NS(=O)(=O)/C=C/c1ccc(Cl)cc1. The summed E-state index contributed by atoms with van der Waals surface area (Å²) in [5.74, 6) is 0.00311. The maximum atomic E-state index is 12.4. The summed E-state index contributed by atoms with van der Waals surface area (Å²) >= 11 is 5.81. The molecule has 0 spiro atoms. The summed E-state index contributed by atoms with van der Waals surface area (Å²) < 4.78 is 27.3. The Balaban J connectivity index is 1.81. The Morgan fingerprint density at radius 1 is 1.08 bits per heavy atom. The maximum absolute atomic E-state index is 12.4. The first-order valence-corrected chi connectivity index (χ1v) is 9.73. The molecule has 1 heterocycles. The molecular weight excluding hydrogens is 360 g/mol. The molecule has 0 saturated carbocycles. The van der Waals surface area contributed by atoms with E-state index in [-0.39, 0.29) is 5.91 Å². The van der Waals surface area contributed by atoms with Crippen LogP contribution >= 0.6 is 11.6 Å². The van der Waals surface area contributed by atoms with Crippen molar-refractivity contribution in [3.05, 3.63) is 64.5 Å². The van der Waals surface area contributed by atoms with E-state index in [9.17, 15) is 13.2 Å². The van der Waals surface area contributed by atoms with Gasteiger partial charge in [0.1, 0.15) is 0 Å². The zero-order chi connectivity index (χ0) is 17.9. The van der Waals surface area contributed by atoms with Crippen molar-refractivity contribution in [3.8, 4) is 0 Å². The molecule has 0 aromatic heterocycles. The molecule has 0 aliphatic carbocycles. The van der Waals surface area contributed by atoms with Crippen LogP contribution in [0.25, 0.3) is 6.08 Å². The van der Waals surface area contributed by atoms with Crippen molar-refractivity contribution in [2.75, 3.05) is 16.2 Å². The first kappa shape index (κ1) is 17.5. The number of para-hydroxylation sites is 2. The molecule has 1 aliphatic heterocycles. The standard InChI is InChI=1S/C18H17ClN2O3S/c19-15-9-7-14(8-10-15)11-13-25(23,24)20-16-4-1-2-5-17(16)21-12-3-6-18(21)22/h1-2,4-5,7-11,13,20H,3,6,12H2/b13-11+. The van der Waals surface area contributed by atoms with Crippen LogP contribution in [0, 0.1) is 0 Å². The third-order valence-corrected chi connectivity index (χ3v) is 5.08. The maximum Gasteiger partial charge on any atom is 0.255 e. The number of hydrogen-bond donors (Lipinski definition) is 1. The van der Waals surface area contributed by atoms with Crippen LogP contribution in [-0.2, 0) is 14.8 Å². The molecule has 3 rings (SSSR count). The van der Waals surface area contributed by atoms with Crippen molar-refractivity contribution in [3.63, 3.8) is 0 Å². The van der Waals surface area contributed by atoms with E-state index in [1.54, 1.807) is 53.4 Å². The number of hydrogen-bond acceptors (Lipinski definition) is 3. The summed E-state index contributed by atoms with van der Waals surface area (Å²) in [5.41, 5.74) is 1.68. The van der Waals surface area contributed by atoms with Crippen LogP contribution in [0.5, 0.6) is 0 Å². The molecule has 1 amide bonds. The van der Waals surface area contributed by atoms with Gasteiger partial charge >= 0.3 is 0 Å². The van der Waals surface area contributed by atoms with E-state index < -0.39 is 10.0 Å². The number of amides is 1. The van der Waals surface area contributed by atoms with E-state index >= 15 is 0 Å². The minimum Gasteiger partial charge on any atom is -0.310 e. The molecule has 2 aromatic carbocycles. The van der Waals surface area contributed by atoms with Crippen LogP contribution in [0.1, 0.15) is 18.4 Å². The van der Waals surface area contributed by atoms with Crippen LogP contribution in [-0.4, -0.2) is 20.9 Å². The molecule has 0 atom stereocenters. The topological polar surface area (TPSA) is 66.5 Å². The summed E-state index contributed by atoms with van der Waals surface area (Å²) in [5, 5.41) is 1.68. The molecule has 1 aliphatic rings. The van der Waals surface area contributed by atoms with Crippen LogP contribution in [0.2, 0.25) is 5.02 Å². The molecule has 25 heavy (non-hydrogen) atoms. The first-order valence-electron chi connectivity index (χ1n) is 7.80. The third-order valence-electron chi connectivity index (χ3n) is 3.83. The highest BCUT2D eigenvalue weighted by Gasteiger charge is 2.24. The van der Waals surface area contributed by atoms with E-state index in [2.05, 4.69) is 4.72 Å². The first-order chi connectivity index (χ1) is 11.9. The zero-order valence-corrected chi connectivity index (χ0v) is 14.9. The van der Waals surface area contributed by atoms with Crippen LogP contribution in [0.3, 0.4) is 0 Å². The molecule has 1 saturated heterocycles. The van der Waals surface area contributed by atoms with Gasteiger partial charge in [-0.2, -0.15) is 0 Å². The molecule has 130 valence electrons. The van der Waals surface area contributed by atoms with Gasteiger partial charge < -0.3 is 4.90 Å². The normalized spacial score (nSPS) is 15.1. The second-order valence-corrected chi connectivity index (χ2v) is 7.67.